The van der Waals surface area contributed by atoms with Gasteiger partial charge in [-0.1, -0.05) is 32.0 Å². The van der Waals surface area contributed by atoms with Crippen molar-refractivity contribution < 1.29 is 9.53 Å². The van der Waals surface area contributed by atoms with E-state index in [2.05, 4.69) is 55.4 Å². The van der Waals surface area contributed by atoms with Crippen LogP contribution in [0.15, 0.2) is 67.1 Å². The predicted octanol–water partition coefficient (Wildman–Crippen LogP) is 5.92. The van der Waals surface area contributed by atoms with E-state index in [1.807, 2.05) is 43.3 Å². The van der Waals surface area contributed by atoms with Crippen LogP contribution in [0, 0.1) is 6.92 Å². The summed E-state index contributed by atoms with van der Waals surface area (Å²) >= 11 is 0. The van der Waals surface area contributed by atoms with Gasteiger partial charge >= 0.3 is 0 Å². The summed E-state index contributed by atoms with van der Waals surface area (Å²) in [6, 6.07) is 17.0. The molecule has 1 aliphatic heterocycles. The highest BCUT2D eigenvalue weighted by Crippen LogP contribution is 2.32. The third-order valence-corrected chi connectivity index (χ3v) is 6.96. The SMILES string of the molecule is Cc1ccc(C(=O)Nc2cccc(C(C)C)c2)cc1Oc1ncccc1-c1ncnc(NCCN2CCCC2)n1. The number of aromatic nitrogens is 4. The molecule has 40 heavy (non-hydrogen) atoms. The maximum Gasteiger partial charge on any atom is 0.255 e. The van der Waals surface area contributed by atoms with Crippen LogP contribution in [0.3, 0.4) is 0 Å². The molecule has 3 heterocycles. The van der Waals surface area contributed by atoms with E-state index in [9.17, 15) is 4.79 Å². The van der Waals surface area contributed by atoms with Crippen molar-refractivity contribution in [1.29, 1.82) is 0 Å². The molecule has 0 unspecified atom stereocenters. The van der Waals surface area contributed by atoms with Gasteiger partial charge in [0.1, 0.15) is 12.1 Å². The lowest BCUT2D eigenvalue weighted by atomic mass is 10.0. The smallest absolute Gasteiger partial charge is 0.255 e. The van der Waals surface area contributed by atoms with Crippen LogP contribution < -0.4 is 15.4 Å². The number of hydrogen-bond donors (Lipinski definition) is 2. The number of carbonyl (C=O) groups is 1. The Balaban J connectivity index is 1.32. The minimum atomic E-state index is -0.214. The summed E-state index contributed by atoms with van der Waals surface area (Å²) in [5.74, 6) is 2.00. The molecule has 1 fully saturated rings. The number of benzene rings is 2. The number of aryl methyl sites for hydroxylation is 1. The molecule has 1 amide bonds. The van der Waals surface area contributed by atoms with Gasteiger partial charge in [-0.05, 0) is 86.3 Å². The van der Waals surface area contributed by atoms with Crippen LogP contribution in [-0.4, -0.2) is 56.9 Å². The van der Waals surface area contributed by atoms with Crippen molar-refractivity contribution in [2.45, 2.75) is 39.5 Å². The number of pyridine rings is 1. The molecular formula is C31H35N7O2. The van der Waals surface area contributed by atoms with Gasteiger partial charge in [0.25, 0.3) is 5.91 Å². The molecule has 0 bridgehead atoms. The molecule has 9 nitrogen and oxygen atoms in total. The molecule has 0 aliphatic carbocycles. The summed E-state index contributed by atoms with van der Waals surface area (Å²) in [4.78, 5) is 33.2. The number of carbonyl (C=O) groups excluding carboxylic acids is 1. The summed E-state index contributed by atoms with van der Waals surface area (Å²) in [6.07, 6.45) is 5.67. The Kier molecular flexibility index (Phi) is 8.61. The zero-order valence-corrected chi connectivity index (χ0v) is 23.2. The van der Waals surface area contributed by atoms with Gasteiger partial charge in [-0.2, -0.15) is 4.98 Å². The van der Waals surface area contributed by atoms with Crippen LogP contribution >= 0.6 is 0 Å². The topological polar surface area (TPSA) is 105 Å². The Morgan fingerprint density at radius 1 is 1.02 bits per heavy atom. The zero-order valence-electron chi connectivity index (χ0n) is 23.2. The summed E-state index contributed by atoms with van der Waals surface area (Å²) < 4.78 is 6.26. The van der Waals surface area contributed by atoms with Crippen molar-refractivity contribution in [3.63, 3.8) is 0 Å². The van der Waals surface area contributed by atoms with Crippen LogP contribution in [0.2, 0.25) is 0 Å². The van der Waals surface area contributed by atoms with Crippen molar-refractivity contribution in [1.82, 2.24) is 24.8 Å². The van der Waals surface area contributed by atoms with Gasteiger partial charge < -0.3 is 20.3 Å². The minimum Gasteiger partial charge on any atom is -0.438 e. The molecule has 4 aromatic rings. The van der Waals surface area contributed by atoms with Gasteiger partial charge in [0, 0.05) is 30.5 Å². The van der Waals surface area contributed by atoms with Crippen LogP contribution in [0.1, 0.15) is 54.1 Å². The molecule has 1 aliphatic rings. The fourth-order valence-electron chi connectivity index (χ4n) is 4.62. The molecule has 5 rings (SSSR count). The molecule has 0 radical (unpaired) electrons. The van der Waals surface area contributed by atoms with Gasteiger partial charge in [0.15, 0.2) is 5.82 Å². The molecule has 1 saturated heterocycles. The van der Waals surface area contributed by atoms with Crippen LogP contribution in [0.25, 0.3) is 11.4 Å². The lowest BCUT2D eigenvalue weighted by molar-refractivity contribution is 0.102. The number of rotatable bonds is 10. The van der Waals surface area contributed by atoms with Gasteiger partial charge in [0.05, 0.1) is 5.56 Å². The number of nitrogens with zero attached hydrogens (tertiary/aromatic N) is 5. The first kappa shape index (κ1) is 27.2. The predicted molar refractivity (Wildman–Crippen MR) is 157 cm³/mol. The number of likely N-dealkylation sites (tertiary alicyclic amines) is 1. The highest BCUT2D eigenvalue weighted by molar-refractivity contribution is 6.04. The maximum atomic E-state index is 13.1. The minimum absolute atomic E-state index is 0.214. The fourth-order valence-corrected chi connectivity index (χ4v) is 4.62. The third kappa shape index (κ3) is 6.79. The Labute approximate surface area is 235 Å². The average Bonchev–Trinajstić information content (AvgIpc) is 3.48. The van der Waals surface area contributed by atoms with Crippen LogP contribution in [0.5, 0.6) is 11.6 Å². The second-order valence-corrected chi connectivity index (χ2v) is 10.3. The molecular weight excluding hydrogens is 502 g/mol. The van der Waals surface area contributed by atoms with Crippen molar-refractivity contribution in [2.24, 2.45) is 0 Å². The average molecular weight is 538 g/mol. The van der Waals surface area contributed by atoms with E-state index in [1.54, 1.807) is 18.3 Å². The highest BCUT2D eigenvalue weighted by Gasteiger charge is 2.16. The number of anilines is 2. The molecule has 2 aromatic heterocycles. The zero-order chi connectivity index (χ0) is 27.9. The summed E-state index contributed by atoms with van der Waals surface area (Å²) in [5, 5.41) is 6.29. The molecule has 2 aromatic carbocycles. The lowest BCUT2D eigenvalue weighted by Gasteiger charge is -2.15. The van der Waals surface area contributed by atoms with E-state index in [4.69, 9.17) is 4.74 Å². The third-order valence-electron chi connectivity index (χ3n) is 6.96. The maximum absolute atomic E-state index is 13.1. The molecule has 9 heteroatoms. The van der Waals surface area contributed by atoms with Crippen molar-refractivity contribution in [3.05, 3.63) is 83.8 Å². The standard InChI is InChI=1S/C31H35N7O2/c1-21(2)23-8-6-9-25(18-23)36-29(39)24-12-11-22(3)27(19-24)40-30-26(10-7-13-32-30)28-34-20-35-31(37-28)33-14-17-38-15-4-5-16-38/h6-13,18-21H,4-5,14-17H2,1-3H3,(H,36,39)(H,33,34,35,37). The number of amides is 1. The Bertz CT molecular complexity index is 1470. The van der Waals surface area contributed by atoms with Gasteiger partial charge in [0.2, 0.25) is 11.8 Å². The molecule has 206 valence electrons. The second kappa shape index (κ2) is 12.7. The van der Waals surface area contributed by atoms with E-state index >= 15 is 0 Å². The van der Waals surface area contributed by atoms with Gasteiger partial charge in [-0.15, -0.1) is 0 Å². The van der Waals surface area contributed by atoms with Crippen molar-refractivity contribution >= 4 is 17.5 Å². The van der Waals surface area contributed by atoms with E-state index < -0.39 is 0 Å². The number of hydrogen-bond acceptors (Lipinski definition) is 8. The summed E-state index contributed by atoms with van der Waals surface area (Å²) in [7, 11) is 0. The molecule has 0 spiro atoms. The normalized spacial score (nSPS) is 13.4. The fraction of sp³-hybridized carbons (Fsp3) is 0.323. The van der Waals surface area contributed by atoms with Crippen molar-refractivity contribution in [2.75, 3.05) is 36.8 Å². The molecule has 0 saturated carbocycles. The first-order valence-electron chi connectivity index (χ1n) is 13.8. The van der Waals surface area contributed by atoms with E-state index in [-0.39, 0.29) is 5.91 Å². The quantitative estimate of drug-likeness (QED) is 0.257. The Morgan fingerprint density at radius 3 is 2.70 bits per heavy atom. The van der Waals surface area contributed by atoms with Crippen LogP contribution in [-0.2, 0) is 0 Å². The summed E-state index contributed by atoms with van der Waals surface area (Å²) in [6.45, 7) is 10.2. The van der Waals surface area contributed by atoms with E-state index in [0.29, 0.717) is 40.4 Å². The van der Waals surface area contributed by atoms with E-state index in [0.717, 1.165) is 43.0 Å². The monoisotopic (exact) mass is 537 g/mol. The Morgan fingerprint density at radius 2 is 1.88 bits per heavy atom. The molecule has 0 atom stereocenters. The highest BCUT2D eigenvalue weighted by atomic mass is 16.5. The first-order chi connectivity index (χ1) is 19.5. The van der Waals surface area contributed by atoms with Crippen molar-refractivity contribution in [3.8, 4) is 23.0 Å². The Hall–Kier alpha value is -4.37. The molecule has 2 N–H and O–H groups in total. The number of ether oxygens (including phenoxy) is 1. The summed E-state index contributed by atoms with van der Waals surface area (Å²) in [5.41, 5.74) is 3.91. The second-order valence-electron chi connectivity index (χ2n) is 10.3. The lowest BCUT2D eigenvalue weighted by Crippen LogP contribution is -2.26. The van der Waals surface area contributed by atoms with Gasteiger partial charge in [-0.25, -0.2) is 15.0 Å². The van der Waals surface area contributed by atoms with Crippen LogP contribution in [0.4, 0.5) is 11.6 Å². The van der Waals surface area contributed by atoms with E-state index in [1.165, 1.54) is 19.2 Å². The largest absolute Gasteiger partial charge is 0.438 e. The first-order valence-corrected chi connectivity index (χ1v) is 13.8. The number of nitrogens with one attached hydrogen (secondary N) is 2. The van der Waals surface area contributed by atoms with Gasteiger partial charge in [-0.3, -0.25) is 4.79 Å².